The molecule has 1 saturated carbocycles. The second-order valence-electron chi connectivity index (χ2n) is 3.29. The summed E-state index contributed by atoms with van der Waals surface area (Å²) >= 11 is 0. The van der Waals surface area contributed by atoms with E-state index in [0.29, 0.717) is 12.1 Å². The maximum Gasteiger partial charge on any atom is 0.0230 e. The van der Waals surface area contributed by atoms with Gasteiger partial charge in [0.25, 0.3) is 0 Å². The zero-order valence-electron chi connectivity index (χ0n) is 6.80. The maximum atomic E-state index is 5.74. The third kappa shape index (κ3) is 2.25. The summed E-state index contributed by atoms with van der Waals surface area (Å²) in [6.07, 6.45) is 3.52. The third-order valence-electron chi connectivity index (χ3n) is 1.91. The van der Waals surface area contributed by atoms with E-state index in [1.54, 1.807) is 0 Å². The molecular weight excluding hydrogens is 126 g/mol. The third-order valence-corrected chi connectivity index (χ3v) is 1.91. The Morgan fingerprint density at radius 2 is 2.10 bits per heavy atom. The fourth-order valence-electron chi connectivity index (χ4n) is 1.50. The van der Waals surface area contributed by atoms with Crippen LogP contribution >= 0.6 is 0 Å². The number of hydrogen-bond donors (Lipinski definition) is 2. The zero-order chi connectivity index (χ0) is 7.56. The van der Waals surface area contributed by atoms with Crippen LogP contribution in [0.15, 0.2) is 0 Å². The Bertz CT molecular complexity index is 103. The molecule has 3 N–H and O–H groups in total. The predicted molar refractivity (Wildman–Crippen MR) is 42.4 cm³/mol. The van der Waals surface area contributed by atoms with E-state index >= 15 is 0 Å². The zero-order valence-corrected chi connectivity index (χ0v) is 6.80. The molecule has 0 spiro atoms. The van der Waals surface area contributed by atoms with Crippen LogP contribution in [-0.2, 0) is 0 Å². The first-order valence-corrected chi connectivity index (χ1v) is 3.87. The van der Waals surface area contributed by atoms with Gasteiger partial charge in [-0.15, -0.1) is 0 Å². The van der Waals surface area contributed by atoms with Crippen LogP contribution in [0.2, 0.25) is 0 Å². The Morgan fingerprint density at radius 1 is 1.40 bits per heavy atom. The van der Waals surface area contributed by atoms with Crippen molar-refractivity contribution in [3.8, 4) is 0 Å². The second kappa shape index (κ2) is 3.32. The van der Waals surface area contributed by atoms with Gasteiger partial charge in [0, 0.05) is 26.2 Å². The van der Waals surface area contributed by atoms with Crippen LogP contribution in [-0.4, -0.2) is 31.2 Å². The van der Waals surface area contributed by atoms with Crippen molar-refractivity contribution in [2.75, 3.05) is 14.1 Å². The molecular formula is C7H17N3. The number of hydrazine groups is 1. The summed E-state index contributed by atoms with van der Waals surface area (Å²) in [6, 6.07) is 1.04. The van der Waals surface area contributed by atoms with E-state index in [-0.39, 0.29) is 0 Å². The second-order valence-corrected chi connectivity index (χ2v) is 3.29. The van der Waals surface area contributed by atoms with Gasteiger partial charge in [-0.05, 0) is 19.3 Å². The lowest BCUT2D eigenvalue weighted by molar-refractivity contribution is 0.242. The molecule has 0 amide bonds. The van der Waals surface area contributed by atoms with Crippen molar-refractivity contribution in [3.63, 3.8) is 0 Å². The normalized spacial score (nSPS) is 33.6. The smallest absolute Gasteiger partial charge is 0.0230 e. The summed E-state index contributed by atoms with van der Waals surface area (Å²) < 4.78 is 0. The molecule has 0 radical (unpaired) electrons. The van der Waals surface area contributed by atoms with Gasteiger partial charge in [0.2, 0.25) is 0 Å². The Morgan fingerprint density at radius 3 is 2.50 bits per heavy atom. The predicted octanol–water partition coefficient (Wildman–Crippen LogP) is -0.0676. The van der Waals surface area contributed by atoms with Gasteiger partial charge in [0.1, 0.15) is 0 Å². The summed E-state index contributed by atoms with van der Waals surface area (Å²) in [7, 11) is 4.04. The summed E-state index contributed by atoms with van der Waals surface area (Å²) in [5.41, 5.74) is 9.07. The average Bonchev–Trinajstić information content (AvgIpc) is 2.13. The van der Waals surface area contributed by atoms with E-state index in [4.69, 9.17) is 5.73 Å². The lowest BCUT2D eigenvalue weighted by atomic mass is 10.2. The van der Waals surface area contributed by atoms with Crippen molar-refractivity contribution in [1.29, 1.82) is 0 Å². The number of nitrogens with zero attached hydrogens (tertiary/aromatic N) is 1. The van der Waals surface area contributed by atoms with Crippen molar-refractivity contribution >= 4 is 0 Å². The maximum absolute atomic E-state index is 5.74. The van der Waals surface area contributed by atoms with Crippen LogP contribution in [0.25, 0.3) is 0 Å². The number of rotatable bonds is 2. The molecule has 0 heterocycles. The minimum atomic E-state index is 0.428. The average molecular weight is 143 g/mol. The summed E-state index contributed by atoms with van der Waals surface area (Å²) in [5.74, 6) is 0. The van der Waals surface area contributed by atoms with Gasteiger partial charge in [-0.25, -0.2) is 0 Å². The van der Waals surface area contributed by atoms with Crippen LogP contribution in [0.3, 0.4) is 0 Å². The highest BCUT2D eigenvalue weighted by molar-refractivity contribution is 4.81. The molecule has 0 aromatic heterocycles. The van der Waals surface area contributed by atoms with Crippen LogP contribution < -0.4 is 11.2 Å². The highest BCUT2D eigenvalue weighted by Gasteiger charge is 2.21. The highest BCUT2D eigenvalue weighted by Crippen LogP contribution is 2.16. The Labute approximate surface area is 62.5 Å². The van der Waals surface area contributed by atoms with Crippen molar-refractivity contribution < 1.29 is 0 Å². The molecule has 1 fully saturated rings. The van der Waals surface area contributed by atoms with E-state index in [2.05, 4.69) is 5.43 Å². The number of nitrogens with one attached hydrogen (secondary N) is 1. The van der Waals surface area contributed by atoms with Crippen molar-refractivity contribution in [1.82, 2.24) is 10.4 Å². The Hall–Kier alpha value is -0.120. The molecule has 0 aliphatic heterocycles. The molecule has 10 heavy (non-hydrogen) atoms. The first-order chi connectivity index (χ1) is 4.68. The molecule has 2 atom stereocenters. The largest absolute Gasteiger partial charge is 0.328 e. The lowest BCUT2D eigenvalue weighted by Crippen LogP contribution is -2.38. The standard InChI is InChI=1S/C7H17N3/c1-10(2)9-7-4-3-6(8)5-7/h6-7,9H,3-5,8H2,1-2H3. The van der Waals surface area contributed by atoms with Gasteiger partial charge >= 0.3 is 0 Å². The van der Waals surface area contributed by atoms with E-state index in [1.165, 1.54) is 12.8 Å². The first-order valence-electron chi connectivity index (χ1n) is 3.87. The summed E-state index contributed by atoms with van der Waals surface area (Å²) in [6.45, 7) is 0. The number of hydrogen-bond acceptors (Lipinski definition) is 3. The molecule has 60 valence electrons. The molecule has 0 saturated heterocycles. The molecule has 1 aliphatic carbocycles. The van der Waals surface area contributed by atoms with Crippen molar-refractivity contribution in [3.05, 3.63) is 0 Å². The number of nitrogens with two attached hydrogens (primary N) is 1. The summed E-state index contributed by atoms with van der Waals surface area (Å²) in [5, 5.41) is 2.00. The minimum Gasteiger partial charge on any atom is -0.328 e. The van der Waals surface area contributed by atoms with Gasteiger partial charge in [-0.2, -0.15) is 0 Å². The van der Waals surface area contributed by atoms with Crippen molar-refractivity contribution in [2.24, 2.45) is 5.73 Å². The SMILES string of the molecule is CN(C)NC1CCC(N)C1. The molecule has 0 bridgehead atoms. The topological polar surface area (TPSA) is 41.3 Å². The van der Waals surface area contributed by atoms with Crippen LogP contribution in [0.4, 0.5) is 0 Å². The fraction of sp³-hybridized carbons (Fsp3) is 1.00. The Kier molecular flexibility index (Phi) is 2.65. The minimum absolute atomic E-state index is 0.428. The van der Waals surface area contributed by atoms with Gasteiger partial charge in [0.15, 0.2) is 0 Å². The molecule has 0 aromatic carbocycles. The van der Waals surface area contributed by atoms with Gasteiger partial charge in [-0.3, -0.25) is 10.4 Å². The fourth-order valence-corrected chi connectivity index (χ4v) is 1.50. The lowest BCUT2D eigenvalue weighted by Gasteiger charge is -2.17. The molecule has 0 aromatic rings. The first kappa shape index (κ1) is 7.98. The summed E-state index contributed by atoms with van der Waals surface area (Å²) in [4.78, 5) is 0. The quantitative estimate of drug-likeness (QED) is 0.532. The van der Waals surface area contributed by atoms with Crippen molar-refractivity contribution in [2.45, 2.75) is 31.3 Å². The van der Waals surface area contributed by atoms with Crippen LogP contribution in [0, 0.1) is 0 Å². The van der Waals surface area contributed by atoms with Gasteiger partial charge in [0.05, 0.1) is 0 Å². The van der Waals surface area contributed by atoms with Gasteiger partial charge in [-0.1, -0.05) is 0 Å². The van der Waals surface area contributed by atoms with E-state index in [1.807, 2.05) is 19.1 Å². The monoisotopic (exact) mass is 143 g/mol. The van der Waals surface area contributed by atoms with Gasteiger partial charge < -0.3 is 5.73 Å². The molecule has 2 unspecified atom stereocenters. The van der Waals surface area contributed by atoms with Crippen LogP contribution in [0.1, 0.15) is 19.3 Å². The molecule has 1 rings (SSSR count). The van der Waals surface area contributed by atoms with E-state index < -0.39 is 0 Å². The highest BCUT2D eigenvalue weighted by atomic mass is 15.5. The molecule has 3 heteroatoms. The van der Waals surface area contributed by atoms with E-state index in [9.17, 15) is 0 Å². The molecule has 1 aliphatic rings. The van der Waals surface area contributed by atoms with Crippen LogP contribution in [0.5, 0.6) is 0 Å². The van der Waals surface area contributed by atoms with E-state index in [0.717, 1.165) is 6.42 Å². The molecule has 3 nitrogen and oxygen atoms in total. The Balaban J connectivity index is 2.18.